The van der Waals surface area contributed by atoms with Gasteiger partial charge in [0.05, 0.1) is 5.92 Å². The van der Waals surface area contributed by atoms with Crippen LogP contribution in [0.25, 0.3) is 0 Å². The zero-order chi connectivity index (χ0) is 9.10. The Hall–Kier alpha value is -0.280. The van der Waals surface area contributed by atoms with Crippen LogP contribution in [0.1, 0.15) is 32.1 Å². The molecule has 0 aromatic heterocycles. The summed E-state index contributed by atoms with van der Waals surface area (Å²) < 4.78 is 0. The van der Waals surface area contributed by atoms with Gasteiger partial charge in [-0.3, -0.25) is 4.79 Å². The molecular formula is C10H19ClN2O. The lowest BCUT2D eigenvalue weighted by atomic mass is 9.94. The molecule has 1 aliphatic heterocycles. The second-order valence-electron chi connectivity index (χ2n) is 4.20. The molecule has 1 aliphatic carbocycles. The predicted molar refractivity (Wildman–Crippen MR) is 58.6 cm³/mol. The molecule has 0 radical (unpaired) electrons. The quantitative estimate of drug-likeness (QED) is 0.728. The summed E-state index contributed by atoms with van der Waals surface area (Å²) in [5.41, 5.74) is 0. The van der Waals surface area contributed by atoms with Gasteiger partial charge in [0.15, 0.2) is 0 Å². The van der Waals surface area contributed by atoms with E-state index in [0.29, 0.717) is 6.04 Å². The third kappa shape index (κ3) is 2.85. The van der Waals surface area contributed by atoms with E-state index >= 15 is 0 Å². The van der Waals surface area contributed by atoms with Crippen LogP contribution in [-0.4, -0.2) is 25.0 Å². The van der Waals surface area contributed by atoms with E-state index in [1.54, 1.807) is 0 Å². The van der Waals surface area contributed by atoms with Crippen LogP contribution < -0.4 is 10.6 Å². The second-order valence-corrected chi connectivity index (χ2v) is 4.20. The lowest BCUT2D eigenvalue weighted by Gasteiger charge is -2.29. The lowest BCUT2D eigenvalue weighted by Crippen LogP contribution is -2.52. The lowest BCUT2D eigenvalue weighted by molar-refractivity contribution is -0.127. The number of hydrogen-bond acceptors (Lipinski definition) is 2. The first-order chi connectivity index (χ1) is 6.36. The monoisotopic (exact) mass is 218 g/mol. The number of carbonyl (C=O) groups excluding carboxylic acids is 1. The Labute approximate surface area is 91.4 Å². The van der Waals surface area contributed by atoms with E-state index in [1.165, 1.54) is 32.1 Å². The van der Waals surface area contributed by atoms with E-state index in [4.69, 9.17) is 0 Å². The van der Waals surface area contributed by atoms with Gasteiger partial charge in [-0.05, 0) is 12.8 Å². The van der Waals surface area contributed by atoms with Crippen LogP contribution in [-0.2, 0) is 4.79 Å². The Morgan fingerprint density at radius 3 is 2.29 bits per heavy atom. The topological polar surface area (TPSA) is 41.1 Å². The van der Waals surface area contributed by atoms with Crippen molar-refractivity contribution < 1.29 is 4.79 Å². The van der Waals surface area contributed by atoms with Crippen molar-refractivity contribution in [2.75, 3.05) is 13.1 Å². The zero-order valence-corrected chi connectivity index (χ0v) is 9.24. The molecule has 1 amide bonds. The Bertz CT molecular complexity index is 189. The highest BCUT2D eigenvalue weighted by Gasteiger charge is 2.26. The molecule has 82 valence electrons. The van der Waals surface area contributed by atoms with Crippen molar-refractivity contribution in [3.05, 3.63) is 0 Å². The van der Waals surface area contributed by atoms with Crippen LogP contribution in [0.4, 0.5) is 0 Å². The van der Waals surface area contributed by atoms with Crippen LogP contribution in [0.5, 0.6) is 0 Å². The third-order valence-corrected chi connectivity index (χ3v) is 3.10. The highest BCUT2D eigenvalue weighted by molar-refractivity contribution is 5.85. The van der Waals surface area contributed by atoms with Gasteiger partial charge in [-0.2, -0.15) is 0 Å². The smallest absolute Gasteiger partial charge is 0.225 e. The number of hydrogen-bond donors (Lipinski definition) is 2. The maximum Gasteiger partial charge on any atom is 0.225 e. The SMILES string of the molecule is Cl.O=C(NC1CCCCC1)C1CNC1. The molecule has 0 spiro atoms. The van der Waals surface area contributed by atoms with Crippen molar-refractivity contribution in [3.8, 4) is 0 Å². The van der Waals surface area contributed by atoms with Crippen molar-refractivity contribution in [3.63, 3.8) is 0 Å². The first-order valence-corrected chi connectivity index (χ1v) is 5.37. The van der Waals surface area contributed by atoms with Crippen molar-refractivity contribution in [1.29, 1.82) is 0 Å². The first-order valence-electron chi connectivity index (χ1n) is 5.37. The summed E-state index contributed by atoms with van der Waals surface area (Å²) in [6.45, 7) is 1.75. The molecule has 1 heterocycles. The molecule has 2 N–H and O–H groups in total. The van der Waals surface area contributed by atoms with Crippen LogP contribution in [0.15, 0.2) is 0 Å². The number of nitrogens with one attached hydrogen (secondary N) is 2. The molecule has 4 heteroatoms. The standard InChI is InChI=1S/C10H18N2O.ClH/c13-10(8-6-11-7-8)12-9-4-2-1-3-5-9;/h8-9,11H,1-7H2,(H,12,13);1H. The third-order valence-electron chi connectivity index (χ3n) is 3.10. The Morgan fingerprint density at radius 1 is 1.14 bits per heavy atom. The minimum absolute atomic E-state index is 0. The van der Waals surface area contributed by atoms with Gasteiger partial charge in [-0.25, -0.2) is 0 Å². The molecule has 0 unspecified atom stereocenters. The van der Waals surface area contributed by atoms with Crippen LogP contribution in [0, 0.1) is 5.92 Å². The minimum Gasteiger partial charge on any atom is -0.353 e. The Balaban J connectivity index is 0.000000980. The summed E-state index contributed by atoms with van der Waals surface area (Å²) in [6, 6.07) is 0.474. The molecule has 2 rings (SSSR count). The fourth-order valence-corrected chi connectivity index (χ4v) is 2.04. The first kappa shape index (κ1) is 11.8. The fourth-order valence-electron chi connectivity index (χ4n) is 2.04. The predicted octanol–water partition coefficient (Wildman–Crippen LogP) is 1.08. The molecule has 1 saturated heterocycles. The number of rotatable bonds is 2. The Morgan fingerprint density at radius 2 is 1.79 bits per heavy atom. The van der Waals surface area contributed by atoms with E-state index in [1.807, 2.05) is 0 Å². The number of halogens is 1. The highest BCUT2D eigenvalue weighted by Crippen LogP contribution is 2.18. The maximum atomic E-state index is 11.5. The molecular weight excluding hydrogens is 200 g/mol. The molecule has 3 nitrogen and oxygen atoms in total. The number of amides is 1. The average molecular weight is 219 g/mol. The van der Waals surface area contributed by atoms with Gasteiger partial charge in [0.25, 0.3) is 0 Å². The van der Waals surface area contributed by atoms with Crippen LogP contribution in [0.2, 0.25) is 0 Å². The number of carbonyl (C=O) groups is 1. The molecule has 0 aromatic rings. The summed E-state index contributed by atoms with van der Waals surface area (Å²) >= 11 is 0. The maximum absolute atomic E-state index is 11.5. The largest absolute Gasteiger partial charge is 0.353 e. The van der Waals surface area contributed by atoms with Gasteiger partial charge < -0.3 is 10.6 Å². The molecule has 14 heavy (non-hydrogen) atoms. The van der Waals surface area contributed by atoms with Crippen molar-refractivity contribution in [2.45, 2.75) is 38.1 Å². The van der Waals surface area contributed by atoms with Gasteiger partial charge in [-0.1, -0.05) is 19.3 Å². The van der Waals surface area contributed by atoms with E-state index < -0.39 is 0 Å². The molecule has 2 aliphatic rings. The molecule has 2 fully saturated rings. The summed E-state index contributed by atoms with van der Waals surface area (Å²) in [4.78, 5) is 11.5. The van der Waals surface area contributed by atoms with Crippen molar-refractivity contribution >= 4 is 18.3 Å². The normalized spacial score (nSPS) is 23.4. The summed E-state index contributed by atoms with van der Waals surface area (Å²) in [6.07, 6.45) is 6.29. The zero-order valence-electron chi connectivity index (χ0n) is 8.42. The average Bonchev–Trinajstić information content (AvgIpc) is 2.02. The van der Waals surface area contributed by atoms with Crippen LogP contribution >= 0.6 is 12.4 Å². The van der Waals surface area contributed by atoms with E-state index in [0.717, 1.165) is 13.1 Å². The van der Waals surface area contributed by atoms with E-state index in [9.17, 15) is 4.79 Å². The summed E-state index contributed by atoms with van der Waals surface area (Å²) in [5, 5.41) is 6.26. The minimum atomic E-state index is 0. The molecule has 1 saturated carbocycles. The molecule has 0 aromatic carbocycles. The Kier molecular flexibility index (Phi) is 4.69. The fraction of sp³-hybridized carbons (Fsp3) is 0.900. The van der Waals surface area contributed by atoms with Gasteiger partial charge in [0.2, 0.25) is 5.91 Å². The van der Waals surface area contributed by atoms with Gasteiger partial charge in [0, 0.05) is 19.1 Å². The molecule has 0 atom stereocenters. The highest BCUT2D eigenvalue weighted by atomic mass is 35.5. The van der Waals surface area contributed by atoms with Gasteiger partial charge in [0.1, 0.15) is 0 Å². The van der Waals surface area contributed by atoms with Crippen LogP contribution in [0.3, 0.4) is 0 Å². The van der Waals surface area contributed by atoms with E-state index in [2.05, 4.69) is 10.6 Å². The second kappa shape index (κ2) is 5.56. The summed E-state index contributed by atoms with van der Waals surface area (Å²) in [5.74, 6) is 0.521. The van der Waals surface area contributed by atoms with Gasteiger partial charge in [-0.15, -0.1) is 12.4 Å². The van der Waals surface area contributed by atoms with Crippen molar-refractivity contribution in [1.82, 2.24) is 10.6 Å². The van der Waals surface area contributed by atoms with Gasteiger partial charge >= 0.3 is 0 Å². The molecule has 0 bridgehead atoms. The van der Waals surface area contributed by atoms with E-state index in [-0.39, 0.29) is 24.2 Å². The van der Waals surface area contributed by atoms with Crippen molar-refractivity contribution in [2.24, 2.45) is 5.92 Å². The summed E-state index contributed by atoms with van der Waals surface area (Å²) in [7, 11) is 0.